The molecule has 5 nitrogen and oxygen atoms in total. The number of aryl methyl sites for hydroxylation is 2. The molecule has 1 atom stereocenters. The van der Waals surface area contributed by atoms with Crippen molar-refractivity contribution in [2.45, 2.75) is 47.1 Å². The highest BCUT2D eigenvalue weighted by atomic mass is 16.2. The number of benzene rings is 3. The van der Waals surface area contributed by atoms with Gasteiger partial charge in [-0.15, -0.1) is 0 Å². The molecule has 0 saturated heterocycles. The van der Waals surface area contributed by atoms with Crippen LogP contribution in [0.25, 0.3) is 16.6 Å². The van der Waals surface area contributed by atoms with Crippen LogP contribution in [0.15, 0.2) is 77.6 Å². The number of fused-ring (bicyclic) bond motifs is 1. The van der Waals surface area contributed by atoms with E-state index in [4.69, 9.17) is 4.98 Å². The average molecular weight is 468 g/mol. The van der Waals surface area contributed by atoms with E-state index in [0.717, 1.165) is 23.2 Å². The molecule has 4 aromatic rings. The molecular formula is C30H33N3O2. The molecule has 0 aliphatic carbocycles. The Morgan fingerprint density at radius 3 is 2.26 bits per heavy atom. The molecule has 1 heterocycles. The van der Waals surface area contributed by atoms with Gasteiger partial charge in [0.1, 0.15) is 5.82 Å². The van der Waals surface area contributed by atoms with Gasteiger partial charge in [-0.25, -0.2) is 4.98 Å². The molecule has 1 amide bonds. The summed E-state index contributed by atoms with van der Waals surface area (Å²) in [6, 6.07) is 22.4. The highest BCUT2D eigenvalue weighted by molar-refractivity contribution is 5.94. The lowest BCUT2D eigenvalue weighted by Gasteiger charge is -2.31. The summed E-state index contributed by atoms with van der Waals surface area (Å²) in [4.78, 5) is 34.4. The van der Waals surface area contributed by atoms with E-state index in [9.17, 15) is 9.59 Å². The third-order valence-electron chi connectivity index (χ3n) is 6.51. The highest BCUT2D eigenvalue weighted by Gasteiger charge is 2.28. The number of amides is 1. The van der Waals surface area contributed by atoms with Crippen molar-refractivity contribution in [1.29, 1.82) is 0 Å². The molecule has 0 spiro atoms. The Labute approximate surface area is 207 Å². The van der Waals surface area contributed by atoms with Crippen LogP contribution < -0.4 is 5.56 Å². The molecule has 4 rings (SSSR count). The van der Waals surface area contributed by atoms with E-state index in [0.29, 0.717) is 34.8 Å². The number of aromatic nitrogens is 2. The lowest BCUT2D eigenvalue weighted by atomic mass is 10.1. The predicted molar refractivity (Wildman–Crippen MR) is 142 cm³/mol. The van der Waals surface area contributed by atoms with Gasteiger partial charge in [0, 0.05) is 12.1 Å². The zero-order chi connectivity index (χ0) is 25.1. The molecule has 5 heteroatoms. The molecule has 35 heavy (non-hydrogen) atoms. The van der Waals surface area contributed by atoms with E-state index in [1.165, 1.54) is 0 Å². The minimum atomic E-state index is -0.417. The minimum Gasteiger partial charge on any atom is -0.329 e. The number of hydrogen-bond donors (Lipinski definition) is 0. The van der Waals surface area contributed by atoms with Gasteiger partial charge >= 0.3 is 0 Å². The van der Waals surface area contributed by atoms with Crippen molar-refractivity contribution in [3.8, 4) is 5.69 Å². The van der Waals surface area contributed by atoms with Crippen LogP contribution in [0.2, 0.25) is 0 Å². The molecule has 3 aromatic carbocycles. The maximum Gasteiger partial charge on any atom is 0.266 e. The first-order valence-electron chi connectivity index (χ1n) is 12.2. The quantitative estimate of drug-likeness (QED) is 0.323. The smallest absolute Gasteiger partial charge is 0.266 e. The van der Waals surface area contributed by atoms with Gasteiger partial charge in [-0.2, -0.15) is 0 Å². The summed E-state index contributed by atoms with van der Waals surface area (Å²) in [6.07, 6.45) is 0.851. The average Bonchev–Trinajstić information content (AvgIpc) is 2.85. The monoisotopic (exact) mass is 467 g/mol. The summed E-state index contributed by atoms with van der Waals surface area (Å²) in [5.74, 6) is 0.933. The number of nitrogens with zero attached hydrogens (tertiary/aromatic N) is 3. The summed E-state index contributed by atoms with van der Waals surface area (Å²) in [7, 11) is 0. The topological polar surface area (TPSA) is 55.2 Å². The second-order valence-corrected chi connectivity index (χ2v) is 9.64. The van der Waals surface area contributed by atoms with Crippen LogP contribution in [0.4, 0.5) is 0 Å². The van der Waals surface area contributed by atoms with Crippen LogP contribution >= 0.6 is 0 Å². The highest BCUT2D eigenvalue weighted by Crippen LogP contribution is 2.26. The van der Waals surface area contributed by atoms with E-state index < -0.39 is 6.04 Å². The molecule has 0 bridgehead atoms. The number of carbonyl (C=O) groups is 1. The number of rotatable bonds is 7. The molecule has 0 N–H and O–H groups in total. The van der Waals surface area contributed by atoms with Gasteiger partial charge in [0.05, 0.1) is 22.6 Å². The molecule has 0 fully saturated rings. The van der Waals surface area contributed by atoms with Gasteiger partial charge in [-0.1, -0.05) is 61.9 Å². The maximum absolute atomic E-state index is 13.8. The zero-order valence-electron chi connectivity index (χ0n) is 21.2. The lowest BCUT2D eigenvalue weighted by molar-refractivity contribution is 0.0671. The molecule has 0 radical (unpaired) electrons. The SMILES string of the molecule is Cc1ccc(C(=O)N(CCC(C)C)C(C)c2nc3ccccc3c(=O)n2-c2ccccc2C)cc1. The third-order valence-corrected chi connectivity index (χ3v) is 6.51. The fourth-order valence-corrected chi connectivity index (χ4v) is 4.35. The Bertz CT molecular complexity index is 1400. The normalized spacial score (nSPS) is 12.2. The van der Waals surface area contributed by atoms with Crippen molar-refractivity contribution in [3.05, 3.63) is 106 Å². The number of hydrogen-bond acceptors (Lipinski definition) is 3. The van der Waals surface area contributed by atoms with Crippen molar-refractivity contribution in [1.82, 2.24) is 14.5 Å². The Balaban J connectivity index is 1.91. The van der Waals surface area contributed by atoms with Crippen LogP contribution in [-0.4, -0.2) is 26.9 Å². The molecule has 0 saturated carbocycles. The van der Waals surface area contributed by atoms with Crippen LogP contribution in [0.3, 0.4) is 0 Å². The molecule has 180 valence electrons. The third kappa shape index (κ3) is 5.04. The van der Waals surface area contributed by atoms with Crippen molar-refractivity contribution in [2.75, 3.05) is 6.54 Å². The van der Waals surface area contributed by atoms with E-state index >= 15 is 0 Å². The Morgan fingerprint density at radius 2 is 1.57 bits per heavy atom. The molecule has 0 aliphatic heterocycles. The summed E-state index contributed by atoms with van der Waals surface area (Å²) in [6.45, 7) is 10.8. The van der Waals surface area contributed by atoms with Crippen molar-refractivity contribution in [3.63, 3.8) is 0 Å². The Morgan fingerprint density at radius 1 is 0.914 bits per heavy atom. The van der Waals surface area contributed by atoms with Crippen molar-refractivity contribution >= 4 is 16.8 Å². The first-order chi connectivity index (χ1) is 16.8. The van der Waals surface area contributed by atoms with E-state index in [1.807, 2.05) is 98.5 Å². The van der Waals surface area contributed by atoms with Crippen LogP contribution in [0.1, 0.15) is 60.5 Å². The van der Waals surface area contributed by atoms with Crippen molar-refractivity contribution in [2.24, 2.45) is 5.92 Å². The first-order valence-corrected chi connectivity index (χ1v) is 12.2. The van der Waals surface area contributed by atoms with Gasteiger partial charge in [-0.3, -0.25) is 14.2 Å². The fraction of sp³-hybridized carbons (Fsp3) is 0.300. The fourth-order valence-electron chi connectivity index (χ4n) is 4.35. The molecular weight excluding hydrogens is 434 g/mol. The number of carbonyl (C=O) groups excluding carboxylic acids is 1. The van der Waals surface area contributed by atoms with Gasteiger partial charge < -0.3 is 4.90 Å². The standard InChI is InChI=1S/C30H33N3O2/c1-20(2)18-19-32(29(34)24-16-14-21(3)15-17-24)23(5)28-31-26-12-8-7-11-25(26)30(35)33(28)27-13-9-6-10-22(27)4/h6-17,20,23H,18-19H2,1-5H3. The molecule has 1 aromatic heterocycles. The second-order valence-electron chi connectivity index (χ2n) is 9.64. The summed E-state index contributed by atoms with van der Waals surface area (Å²) >= 11 is 0. The zero-order valence-corrected chi connectivity index (χ0v) is 21.2. The first kappa shape index (κ1) is 24.4. The maximum atomic E-state index is 13.8. The molecule has 0 aliphatic rings. The summed E-state index contributed by atoms with van der Waals surface area (Å²) in [5.41, 5.74) is 4.00. The summed E-state index contributed by atoms with van der Waals surface area (Å²) < 4.78 is 1.69. The van der Waals surface area contributed by atoms with Gasteiger partial charge in [0.25, 0.3) is 11.5 Å². The summed E-state index contributed by atoms with van der Waals surface area (Å²) in [5, 5.41) is 0.560. The van der Waals surface area contributed by atoms with Crippen LogP contribution in [0.5, 0.6) is 0 Å². The van der Waals surface area contributed by atoms with Gasteiger partial charge in [0.15, 0.2) is 0 Å². The van der Waals surface area contributed by atoms with Crippen LogP contribution in [-0.2, 0) is 0 Å². The van der Waals surface area contributed by atoms with E-state index in [1.54, 1.807) is 4.57 Å². The lowest BCUT2D eigenvalue weighted by Crippen LogP contribution is -2.38. The second kappa shape index (κ2) is 10.3. The number of para-hydroxylation sites is 2. The van der Waals surface area contributed by atoms with Gasteiger partial charge in [0.2, 0.25) is 0 Å². The van der Waals surface area contributed by atoms with Gasteiger partial charge in [-0.05, 0) is 69.0 Å². The largest absolute Gasteiger partial charge is 0.329 e. The van der Waals surface area contributed by atoms with Crippen molar-refractivity contribution < 1.29 is 4.79 Å². The van der Waals surface area contributed by atoms with E-state index in [-0.39, 0.29) is 11.5 Å². The molecule has 1 unspecified atom stereocenters. The van der Waals surface area contributed by atoms with Crippen LogP contribution in [0, 0.1) is 19.8 Å². The predicted octanol–water partition coefficient (Wildman–Crippen LogP) is 6.25. The Hall–Kier alpha value is -3.73. The van der Waals surface area contributed by atoms with E-state index in [2.05, 4.69) is 13.8 Å². The Kier molecular flexibility index (Phi) is 7.15. The minimum absolute atomic E-state index is 0.0584.